The van der Waals surface area contributed by atoms with E-state index in [1.54, 1.807) is 24.4 Å². The average molecular weight is 495 g/mol. The summed E-state index contributed by atoms with van der Waals surface area (Å²) in [6.45, 7) is 7.61. The number of rotatable bonds is 8. The minimum atomic E-state index is -1.10. The van der Waals surface area contributed by atoms with Gasteiger partial charge in [0.2, 0.25) is 5.95 Å². The van der Waals surface area contributed by atoms with Gasteiger partial charge in [-0.25, -0.2) is 9.78 Å². The van der Waals surface area contributed by atoms with Crippen LogP contribution in [0.1, 0.15) is 16.7 Å². The molecule has 4 rings (SSSR count). The summed E-state index contributed by atoms with van der Waals surface area (Å²) < 4.78 is 0. The van der Waals surface area contributed by atoms with E-state index in [-0.39, 0.29) is 12.4 Å². The Labute approximate surface area is 211 Å². The Morgan fingerprint density at radius 1 is 1.11 bits per heavy atom. The van der Waals surface area contributed by atoms with E-state index in [2.05, 4.69) is 44.3 Å². The topological polar surface area (TPSA) is 84.8 Å². The molecule has 8 nitrogen and oxygen atoms in total. The number of anilines is 3. The lowest BCUT2D eigenvalue weighted by Gasteiger charge is -2.32. The van der Waals surface area contributed by atoms with Crippen LogP contribution in [0, 0.1) is 6.92 Å². The van der Waals surface area contributed by atoms with E-state index in [9.17, 15) is 9.90 Å². The molecule has 2 aromatic carbocycles. The van der Waals surface area contributed by atoms with Gasteiger partial charge in [-0.15, -0.1) is 0 Å². The number of likely N-dealkylation sites (N-methyl/N-ethyl adjacent to an activating group) is 1. The molecule has 3 aromatic rings. The van der Waals surface area contributed by atoms with Crippen LogP contribution in [0.15, 0.2) is 54.7 Å². The van der Waals surface area contributed by atoms with Crippen molar-refractivity contribution in [1.82, 2.24) is 19.8 Å². The number of aromatic nitrogens is 2. The second-order valence-electron chi connectivity index (χ2n) is 8.89. The van der Waals surface area contributed by atoms with Crippen molar-refractivity contribution >= 4 is 35.1 Å². The third-order valence-electron chi connectivity index (χ3n) is 6.31. The van der Waals surface area contributed by atoms with Gasteiger partial charge in [-0.1, -0.05) is 29.8 Å². The smallest absolute Gasteiger partial charge is 0.413 e. The number of piperazine rings is 1. The number of carbonyl (C=O) groups is 1. The Bertz CT molecular complexity index is 1150. The molecule has 0 aliphatic carbocycles. The molecule has 2 heterocycles. The molecule has 2 N–H and O–H groups in total. The molecule has 1 aliphatic heterocycles. The molecule has 184 valence electrons. The number of hydrogen-bond donors (Lipinski definition) is 2. The van der Waals surface area contributed by atoms with Crippen LogP contribution in [-0.2, 0) is 13.0 Å². The van der Waals surface area contributed by atoms with E-state index in [0.29, 0.717) is 11.0 Å². The molecule has 0 bridgehead atoms. The lowest BCUT2D eigenvalue weighted by Crippen LogP contribution is -2.45. The van der Waals surface area contributed by atoms with Gasteiger partial charge in [-0.05, 0) is 67.4 Å². The maximum atomic E-state index is 12.0. The molecule has 1 fully saturated rings. The summed E-state index contributed by atoms with van der Waals surface area (Å²) in [4.78, 5) is 26.8. The van der Waals surface area contributed by atoms with E-state index < -0.39 is 6.09 Å². The van der Waals surface area contributed by atoms with Gasteiger partial charge >= 0.3 is 6.09 Å². The van der Waals surface area contributed by atoms with Gasteiger partial charge in [0, 0.05) is 49.6 Å². The third kappa shape index (κ3) is 6.91. The highest BCUT2D eigenvalue weighted by Crippen LogP contribution is 2.22. The van der Waals surface area contributed by atoms with Crippen LogP contribution in [0.5, 0.6) is 0 Å². The van der Waals surface area contributed by atoms with E-state index >= 15 is 0 Å². The summed E-state index contributed by atoms with van der Waals surface area (Å²) >= 11 is 6.11. The van der Waals surface area contributed by atoms with Gasteiger partial charge in [-0.3, -0.25) is 4.90 Å². The van der Waals surface area contributed by atoms with Crippen LogP contribution in [0.2, 0.25) is 5.02 Å². The lowest BCUT2D eigenvalue weighted by atomic mass is 10.1. The van der Waals surface area contributed by atoms with Gasteiger partial charge in [-0.2, -0.15) is 4.98 Å². The number of halogens is 1. The number of aryl methyl sites for hydroxylation is 1. The maximum Gasteiger partial charge on any atom is 0.413 e. The first-order chi connectivity index (χ1) is 16.9. The van der Waals surface area contributed by atoms with Crippen LogP contribution in [0.3, 0.4) is 0 Å². The predicted octanol–water partition coefficient (Wildman–Crippen LogP) is 4.66. The maximum absolute atomic E-state index is 12.0. The van der Waals surface area contributed by atoms with Crippen LogP contribution in [0.4, 0.5) is 22.2 Å². The monoisotopic (exact) mass is 494 g/mol. The summed E-state index contributed by atoms with van der Waals surface area (Å²) in [6, 6.07) is 15.2. The van der Waals surface area contributed by atoms with Crippen molar-refractivity contribution in [2.24, 2.45) is 0 Å². The van der Waals surface area contributed by atoms with E-state index in [4.69, 9.17) is 11.6 Å². The lowest BCUT2D eigenvalue weighted by molar-refractivity contribution is 0.155. The molecule has 0 spiro atoms. The number of benzene rings is 2. The quantitative estimate of drug-likeness (QED) is 0.471. The minimum absolute atomic E-state index is 0.139. The summed E-state index contributed by atoms with van der Waals surface area (Å²) in [5.74, 6) is 0.625. The van der Waals surface area contributed by atoms with Crippen LogP contribution >= 0.6 is 11.6 Å². The molecular weight excluding hydrogens is 464 g/mol. The normalized spacial score (nSPS) is 14.6. The van der Waals surface area contributed by atoms with Gasteiger partial charge < -0.3 is 20.2 Å². The van der Waals surface area contributed by atoms with Crippen LogP contribution < -0.4 is 10.2 Å². The van der Waals surface area contributed by atoms with Crippen molar-refractivity contribution in [3.63, 3.8) is 0 Å². The average Bonchev–Trinajstić information content (AvgIpc) is 2.85. The first-order valence-corrected chi connectivity index (χ1v) is 12.1. The third-order valence-corrected chi connectivity index (χ3v) is 6.55. The predicted molar refractivity (Wildman–Crippen MR) is 140 cm³/mol. The summed E-state index contributed by atoms with van der Waals surface area (Å²) in [5, 5.41) is 13.6. The number of amides is 1. The second kappa shape index (κ2) is 11.5. The summed E-state index contributed by atoms with van der Waals surface area (Å²) in [7, 11) is 2.17. The molecule has 0 unspecified atom stereocenters. The molecular formula is C26H31ClN6O2. The molecule has 1 aliphatic rings. The highest BCUT2D eigenvalue weighted by molar-refractivity contribution is 6.30. The number of nitrogens with one attached hydrogen (secondary N) is 1. The Kier molecular flexibility index (Phi) is 8.17. The van der Waals surface area contributed by atoms with Crippen molar-refractivity contribution in [1.29, 1.82) is 0 Å². The van der Waals surface area contributed by atoms with E-state index in [1.165, 1.54) is 10.5 Å². The molecule has 35 heavy (non-hydrogen) atoms. The Morgan fingerprint density at radius 2 is 1.86 bits per heavy atom. The van der Waals surface area contributed by atoms with Crippen LogP contribution in [0.25, 0.3) is 0 Å². The SMILES string of the molecule is Cc1ccc(Cl)cc1CN(C(=O)O)c1ccnc(Nc2ccc(CCN3CCN(C)CC3)cc2)n1. The largest absolute Gasteiger partial charge is 0.465 e. The molecule has 1 aromatic heterocycles. The van der Waals surface area contributed by atoms with Gasteiger partial charge in [0.1, 0.15) is 5.82 Å². The molecule has 0 saturated carbocycles. The van der Waals surface area contributed by atoms with Gasteiger partial charge in [0.15, 0.2) is 0 Å². The van der Waals surface area contributed by atoms with Crippen LogP contribution in [-0.4, -0.2) is 70.7 Å². The number of nitrogens with zero attached hydrogens (tertiary/aromatic N) is 5. The zero-order valence-corrected chi connectivity index (χ0v) is 20.9. The summed E-state index contributed by atoms with van der Waals surface area (Å²) in [5.41, 5.74) is 3.90. The van der Waals surface area contributed by atoms with Gasteiger partial charge in [0.25, 0.3) is 0 Å². The first kappa shape index (κ1) is 24.9. The van der Waals surface area contributed by atoms with E-state index in [1.807, 2.05) is 25.1 Å². The number of carboxylic acid groups (broad SMARTS) is 1. The Balaban J connectivity index is 1.39. The summed E-state index contributed by atoms with van der Waals surface area (Å²) in [6.07, 6.45) is 1.46. The van der Waals surface area contributed by atoms with E-state index in [0.717, 1.165) is 56.0 Å². The molecule has 1 saturated heterocycles. The Hall–Kier alpha value is -3.20. The van der Waals surface area contributed by atoms with Crippen molar-refractivity contribution in [2.75, 3.05) is 50.0 Å². The fourth-order valence-corrected chi connectivity index (χ4v) is 4.22. The van der Waals surface area contributed by atoms with Crippen molar-refractivity contribution < 1.29 is 9.90 Å². The first-order valence-electron chi connectivity index (χ1n) is 11.7. The second-order valence-corrected chi connectivity index (χ2v) is 9.33. The zero-order valence-electron chi connectivity index (χ0n) is 20.1. The molecule has 1 amide bonds. The van der Waals surface area contributed by atoms with Crippen molar-refractivity contribution in [3.05, 3.63) is 76.4 Å². The highest BCUT2D eigenvalue weighted by atomic mass is 35.5. The minimum Gasteiger partial charge on any atom is -0.465 e. The molecule has 9 heteroatoms. The number of hydrogen-bond acceptors (Lipinski definition) is 6. The molecule has 0 atom stereocenters. The fraction of sp³-hybridized carbons (Fsp3) is 0.346. The van der Waals surface area contributed by atoms with Crippen molar-refractivity contribution in [2.45, 2.75) is 19.9 Å². The zero-order chi connectivity index (χ0) is 24.8. The fourth-order valence-electron chi connectivity index (χ4n) is 4.03. The highest BCUT2D eigenvalue weighted by Gasteiger charge is 2.18. The molecule has 0 radical (unpaired) electrons. The standard InChI is InChI=1S/C26H31ClN6O2/c1-19-3-6-22(27)17-21(19)18-33(26(34)35)24-9-11-28-25(30-24)29-23-7-4-20(5-8-23)10-12-32-15-13-31(2)14-16-32/h3-9,11,17H,10,12-16,18H2,1-2H3,(H,34,35)(H,28,29,30). The van der Waals surface area contributed by atoms with Gasteiger partial charge in [0.05, 0.1) is 6.54 Å². The van der Waals surface area contributed by atoms with Crippen molar-refractivity contribution in [3.8, 4) is 0 Å². The Morgan fingerprint density at radius 3 is 2.57 bits per heavy atom.